The average Bonchev–Trinajstić information content (AvgIpc) is 3.03. The Morgan fingerprint density at radius 1 is 0.913 bits per heavy atom. The number of carbonyl (C=O) groups is 3. The van der Waals surface area contributed by atoms with Crippen molar-refractivity contribution in [2.45, 2.75) is 90.4 Å². The molecule has 0 fully saturated rings. The van der Waals surface area contributed by atoms with E-state index in [1.807, 2.05) is 54.6 Å². The van der Waals surface area contributed by atoms with E-state index in [9.17, 15) is 19.5 Å². The van der Waals surface area contributed by atoms with E-state index in [0.29, 0.717) is 25.1 Å². The van der Waals surface area contributed by atoms with Crippen LogP contribution in [0.2, 0.25) is 0 Å². The van der Waals surface area contributed by atoms with Gasteiger partial charge in [-0.1, -0.05) is 106 Å². The molecule has 0 saturated heterocycles. The van der Waals surface area contributed by atoms with Crippen molar-refractivity contribution in [2.24, 2.45) is 0 Å². The quantitative estimate of drug-likeness (QED) is 0.144. The number of aromatic hydroxyl groups is 1. The topological polar surface area (TPSA) is 108 Å². The lowest BCUT2D eigenvalue weighted by molar-refractivity contribution is -0.142. The highest BCUT2D eigenvalue weighted by molar-refractivity contribution is 5.92. The standard InChI is InChI=1S/C38H49N3O5/c1-6-8-9-10-14-24-41(36(44)33(40-37(45)46-38(3,4)5)26-29-20-22-32(42)23-21-29)34(31-19-15-18-28(7-2)25-31)35(43)39-27-30-16-12-11-13-17-30/h7,11-13,15-23,25,33-34,42H,2,6,8-10,14,24,26-27H2,1,3-5H3,(H,39,43)(H,40,45). The molecule has 0 aliphatic heterocycles. The lowest BCUT2D eigenvalue weighted by atomic mass is 9.98. The number of ether oxygens (including phenoxy) is 1. The average molecular weight is 628 g/mol. The lowest BCUT2D eigenvalue weighted by Gasteiger charge is -2.35. The molecule has 2 atom stereocenters. The van der Waals surface area contributed by atoms with Crippen LogP contribution in [-0.4, -0.2) is 46.1 Å². The summed E-state index contributed by atoms with van der Waals surface area (Å²) in [5.74, 6) is -0.636. The zero-order chi connectivity index (χ0) is 33.5. The molecular weight excluding hydrogens is 578 g/mol. The summed E-state index contributed by atoms with van der Waals surface area (Å²) in [7, 11) is 0. The Balaban J connectivity index is 2.05. The Labute approximate surface area is 273 Å². The second kappa shape index (κ2) is 17.8. The van der Waals surface area contributed by atoms with Gasteiger partial charge in [-0.3, -0.25) is 9.59 Å². The summed E-state index contributed by atoms with van der Waals surface area (Å²) >= 11 is 0. The number of hydrogen-bond acceptors (Lipinski definition) is 5. The number of nitrogens with zero attached hydrogens (tertiary/aromatic N) is 1. The molecule has 3 N–H and O–H groups in total. The second-order valence-corrected chi connectivity index (χ2v) is 12.5. The van der Waals surface area contributed by atoms with Gasteiger partial charge in [-0.25, -0.2) is 4.79 Å². The minimum absolute atomic E-state index is 0.0951. The zero-order valence-electron chi connectivity index (χ0n) is 27.6. The van der Waals surface area contributed by atoms with E-state index in [1.54, 1.807) is 43.9 Å². The van der Waals surface area contributed by atoms with E-state index in [0.717, 1.165) is 42.4 Å². The molecule has 0 radical (unpaired) electrons. The Morgan fingerprint density at radius 2 is 1.61 bits per heavy atom. The molecule has 3 rings (SSSR count). The fraction of sp³-hybridized carbons (Fsp3) is 0.395. The molecule has 0 heterocycles. The molecule has 8 nitrogen and oxygen atoms in total. The van der Waals surface area contributed by atoms with Crippen LogP contribution >= 0.6 is 0 Å². The number of unbranched alkanes of at least 4 members (excludes halogenated alkanes) is 4. The Morgan fingerprint density at radius 3 is 2.26 bits per heavy atom. The van der Waals surface area contributed by atoms with Crippen LogP contribution in [0.4, 0.5) is 4.79 Å². The van der Waals surface area contributed by atoms with Gasteiger partial charge in [0.2, 0.25) is 11.8 Å². The van der Waals surface area contributed by atoms with Crippen molar-refractivity contribution in [3.8, 4) is 5.75 Å². The number of phenolic OH excluding ortho intramolecular Hbond substituents is 1. The van der Waals surface area contributed by atoms with E-state index in [4.69, 9.17) is 4.74 Å². The molecule has 0 spiro atoms. The van der Waals surface area contributed by atoms with E-state index in [-0.39, 0.29) is 18.1 Å². The maximum atomic E-state index is 14.7. The number of phenols is 1. The Bertz CT molecular complexity index is 1420. The van der Waals surface area contributed by atoms with Crippen molar-refractivity contribution >= 4 is 24.0 Å². The number of amides is 3. The van der Waals surface area contributed by atoms with E-state index >= 15 is 0 Å². The molecule has 0 saturated carbocycles. The minimum Gasteiger partial charge on any atom is -0.508 e. The van der Waals surface area contributed by atoms with Crippen LogP contribution in [0.15, 0.2) is 85.4 Å². The van der Waals surface area contributed by atoms with E-state index in [1.165, 1.54) is 12.1 Å². The third-order valence-electron chi connectivity index (χ3n) is 7.48. The molecule has 3 aromatic rings. The van der Waals surface area contributed by atoms with Crippen molar-refractivity contribution < 1.29 is 24.2 Å². The molecule has 0 aliphatic carbocycles. The molecule has 2 unspecified atom stereocenters. The largest absolute Gasteiger partial charge is 0.508 e. The number of rotatable bonds is 16. The number of benzene rings is 3. The number of hydrogen-bond donors (Lipinski definition) is 3. The summed E-state index contributed by atoms with van der Waals surface area (Å²) in [5.41, 5.74) is 2.35. The molecular formula is C38H49N3O5. The molecule has 0 aromatic heterocycles. The van der Waals surface area contributed by atoms with E-state index in [2.05, 4.69) is 24.1 Å². The fourth-order valence-electron chi connectivity index (χ4n) is 5.18. The van der Waals surface area contributed by atoms with Gasteiger partial charge in [-0.15, -0.1) is 0 Å². The van der Waals surface area contributed by atoms with Gasteiger partial charge in [0, 0.05) is 19.5 Å². The van der Waals surface area contributed by atoms with Gasteiger partial charge in [0.25, 0.3) is 0 Å². The normalized spacial score (nSPS) is 12.4. The first-order chi connectivity index (χ1) is 22.0. The molecule has 3 amide bonds. The molecule has 0 bridgehead atoms. The van der Waals surface area contributed by atoms with Gasteiger partial charge >= 0.3 is 6.09 Å². The first-order valence-corrected chi connectivity index (χ1v) is 16.1. The van der Waals surface area contributed by atoms with Gasteiger partial charge in [-0.05, 0) is 67.6 Å². The highest BCUT2D eigenvalue weighted by atomic mass is 16.6. The van der Waals surface area contributed by atoms with Crippen LogP contribution in [0, 0.1) is 0 Å². The number of carbonyl (C=O) groups excluding carboxylic acids is 3. The summed E-state index contributed by atoms with van der Waals surface area (Å²) in [6.45, 7) is 11.9. The van der Waals surface area contributed by atoms with Crippen molar-refractivity contribution in [2.75, 3.05) is 6.54 Å². The van der Waals surface area contributed by atoms with Gasteiger partial charge < -0.3 is 25.4 Å². The third kappa shape index (κ3) is 11.7. The molecule has 3 aromatic carbocycles. The van der Waals surface area contributed by atoms with Crippen LogP contribution in [0.1, 0.15) is 88.1 Å². The smallest absolute Gasteiger partial charge is 0.408 e. The third-order valence-corrected chi connectivity index (χ3v) is 7.48. The first kappa shape index (κ1) is 35.9. The molecule has 8 heteroatoms. The molecule has 246 valence electrons. The van der Waals surface area contributed by atoms with Crippen LogP contribution in [0.25, 0.3) is 6.08 Å². The summed E-state index contributed by atoms with van der Waals surface area (Å²) < 4.78 is 5.54. The zero-order valence-corrected chi connectivity index (χ0v) is 27.6. The first-order valence-electron chi connectivity index (χ1n) is 16.1. The molecule has 0 aliphatic rings. The fourth-order valence-corrected chi connectivity index (χ4v) is 5.18. The van der Waals surface area contributed by atoms with Crippen LogP contribution in [0.5, 0.6) is 5.75 Å². The lowest BCUT2D eigenvalue weighted by Crippen LogP contribution is -2.54. The van der Waals surface area contributed by atoms with Crippen molar-refractivity contribution in [3.05, 3.63) is 108 Å². The van der Waals surface area contributed by atoms with Crippen molar-refractivity contribution in [1.82, 2.24) is 15.5 Å². The predicted octanol–water partition coefficient (Wildman–Crippen LogP) is 7.33. The number of nitrogens with one attached hydrogen (secondary N) is 2. The highest BCUT2D eigenvalue weighted by Crippen LogP contribution is 2.26. The van der Waals surface area contributed by atoms with Crippen molar-refractivity contribution in [1.29, 1.82) is 0 Å². The highest BCUT2D eigenvalue weighted by Gasteiger charge is 2.36. The summed E-state index contributed by atoms with van der Waals surface area (Å²) in [6, 6.07) is 21.5. The summed E-state index contributed by atoms with van der Waals surface area (Å²) in [5, 5.41) is 15.7. The maximum Gasteiger partial charge on any atom is 0.408 e. The van der Waals surface area contributed by atoms with Crippen LogP contribution < -0.4 is 10.6 Å². The van der Waals surface area contributed by atoms with Gasteiger partial charge in [0.1, 0.15) is 23.4 Å². The predicted molar refractivity (Wildman–Crippen MR) is 183 cm³/mol. The Kier molecular flexibility index (Phi) is 13.9. The van der Waals surface area contributed by atoms with Crippen LogP contribution in [0.3, 0.4) is 0 Å². The van der Waals surface area contributed by atoms with Gasteiger partial charge in [0.15, 0.2) is 0 Å². The second-order valence-electron chi connectivity index (χ2n) is 12.5. The summed E-state index contributed by atoms with van der Waals surface area (Å²) in [6.07, 6.45) is 5.87. The maximum absolute atomic E-state index is 14.7. The van der Waals surface area contributed by atoms with E-state index < -0.39 is 29.7 Å². The molecule has 46 heavy (non-hydrogen) atoms. The SMILES string of the molecule is C=Cc1cccc(C(C(=O)NCc2ccccc2)N(CCCCCCC)C(=O)C(Cc2ccc(O)cc2)NC(=O)OC(C)(C)C)c1. The van der Waals surface area contributed by atoms with Crippen LogP contribution in [-0.2, 0) is 27.3 Å². The monoisotopic (exact) mass is 627 g/mol. The number of alkyl carbamates (subject to hydrolysis) is 1. The van der Waals surface area contributed by atoms with Crippen molar-refractivity contribution in [3.63, 3.8) is 0 Å². The van der Waals surface area contributed by atoms with Gasteiger partial charge in [-0.2, -0.15) is 0 Å². The summed E-state index contributed by atoms with van der Waals surface area (Å²) in [4.78, 5) is 43.5. The minimum atomic E-state index is -1.04. The Hall–Kier alpha value is -4.59. The van der Waals surface area contributed by atoms with Gasteiger partial charge in [0.05, 0.1) is 0 Å².